The highest BCUT2D eigenvalue weighted by atomic mass is 32.1. The summed E-state index contributed by atoms with van der Waals surface area (Å²) in [5.41, 5.74) is 11.4. The van der Waals surface area contributed by atoms with E-state index in [1.165, 1.54) is 36.9 Å². The van der Waals surface area contributed by atoms with Gasteiger partial charge in [-0.1, -0.05) is 152 Å². The predicted octanol–water partition coefficient (Wildman–Crippen LogP) is 14.1. The lowest BCUT2D eigenvalue weighted by Crippen LogP contribution is -2.00. The van der Waals surface area contributed by atoms with E-state index in [-0.39, 0.29) is 0 Å². The van der Waals surface area contributed by atoms with E-state index in [0.717, 1.165) is 55.3 Å². The van der Waals surface area contributed by atoms with Crippen molar-refractivity contribution in [1.29, 1.82) is 0 Å². The van der Waals surface area contributed by atoms with Gasteiger partial charge in [0.05, 0.1) is 0 Å². The summed E-state index contributed by atoms with van der Waals surface area (Å²) in [5, 5.41) is 4.53. The van der Waals surface area contributed by atoms with Crippen LogP contribution >= 0.6 is 11.3 Å². The van der Waals surface area contributed by atoms with Gasteiger partial charge in [0.1, 0.15) is 11.2 Å². The molecule has 0 aliphatic rings. The minimum atomic E-state index is 0.595. The van der Waals surface area contributed by atoms with Crippen molar-refractivity contribution in [1.82, 2.24) is 15.0 Å². The van der Waals surface area contributed by atoms with Crippen LogP contribution in [0.3, 0.4) is 0 Å². The summed E-state index contributed by atoms with van der Waals surface area (Å²) in [4.78, 5) is 15.4. The molecule has 8 aromatic carbocycles. The molecule has 3 aromatic heterocycles. The van der Waals surface area contributed by atoms with Gasteiger partial charge in [-0.3, -0.25) is 0 Å². The van der Waals surface area contributed by atoms with Crippen molar-refractivity contribution in [2.24, 2.45) is 0 Å². The van der Waals surface area contributed by atoms with E-state index >= 15 is 0 Å². The maximum atomic E-state index is 6.53. The van der Waals surface area contributed by atoms with Crippen LogP contribution in [0.2, 0.25) is 0 Å². The predicted molar refractivity (Wildman–Crippen MR) is 233 cm³/mol. The van der Waals surface area contributed by atoms with Gasteiger partial charge in [-0.25, -0.2) is 15.0 Å². The van der Waals surface area contributed by atoms with Gasteiger partial charge in [-0.05, 0) is 69.8 Å². The number of thiophene rings is 1. The maximum absolute atomic E-state index is 6.53. The van der Waals surface area contributed by atoms with E-state index in [0.29, 0.717) is 17.5 Å². The molecule has 0 fully saturated rings. The summed E-state index contributed by atoms with van der Waals surface area (Å²) in [5.74, 6) is 1.83. The summed E-state index contributed by atoms with van der Waals surface area (Å²) in [6.07, 6.45) is 0. The lowest BCUT2D eigenvalue weighted by Gasteiger charge is -2.10. The maximum Gasteiger partial charge on any atom is 0.164 e. The average Bonchev–Trinajstić information content (AvgIpc) is 3.85. The zero-order valence-corrected chi connectivity index (χ0v) is 30.9. The standard InChI is InChI=1S/C51H31N3OS/c1-4-13-32(14-5-1)35-19-10-20-38(29-35)50-52-49(34-17-8-3-9-18-34)53-51(54-50)41-22-11-23-44-47(41)42-30-37(26-28-43(42)55-44)39-21-12-24-45-48(39)40-27-25-36(31-46(40)56-45)33-15-6-2-7-16-33/h1-31H. The molecular weight excluding hydrogens is 703 g/mol. The molecule has 5 heteroatoms. The van der Waals surface area contributed by atoms with Crippen molar-refractivity contribution in [2.45, 2.75) is 0 Å². The van der Waals surface area contributed by atoms with E-state index in [9.17, 15) is 0 Å². The fourth-order valence-electron chi connectivity index (χ4n) is 7.87. The quantitative estimate of drug-likeness (QED) is 0.171. The Morgan fingerprint density at radius 3 is 1.68 bits per heavy atom. The molecule has 0 amide bonds. The molecule has 0 atom stereocenters. The molecule has 262 valence electrons. The van der Waals surface area contributed by atoms with Crippen LogP contribution in [0.4, 0.5) is 0 Å². The van der Waals surface area contributed by atoms with Crippen LogP contribution in [0.15, 0.2) is 192 Å². The first-order valence-corrected chi connectivity index (χ1v) is 19.5. The van der Waals surface area contributed by atoms with Gasteiger partial charge in [-0.2, -0.15) is 0 Å². The average molecular weight is 734 g/mol. The Balaban J connectivity index is 1.08. The number of hydrogen-bond acceptors (Lipinski definition) is 5. The highest BCUT2D eigenvalue weighted by Gasteiger charge is 2.20. The fraction of sp³-hybridized carbons (Fsp3) is 0. The number of aromatic nitrogens is 3. The summed E-state index contributed by atoms with van der Waals surface area (Å²) in [7, 11) is 0. The third kappa shape index (κ3) is 5.56. The van der Waals surface area contributed by atoms with Crippen LogP contribution in [0.25, 0.3) is 110 Å². The molecule has 11 rings (SSSR count). The molecule has 0 aliphatic heterocycles. The van der Waals surface area contributed by atoms with Crippen molar-refractivity contribution in [2.75, 3.05) is 0 Å². The van der Waals surface area contributed by atoms with E-state index in [4.69, 9.17) is 19.4 Å². The molecule has 0 saturated heterocycles. The van der Waals surface area contributed by atoms with Crippen molar-refractivity contribution in [3.05, 3.63) is 188 Å². The smallest absolute Gasteiger partial charge is 0.164 e. The first kappa shape index (κ1) is 32.2. The summed E-state index contributed by atoms with van der Waals surface area (Å²) < 4.78 is 9.07. The number of nitrogens with zero attached hydrogens (tertiary/aromatic N) is 3. The second kappa shape index (κ2) is 13.3. The molecule has 11 aromatic rings. The van der Waals surface area contributed by atoms with E-state index in [1.807, 2.05) is 59.9 Å². The Bertz CT molecular complexity index is 3240. The second-order valence-electron chi connectivity index (χ2n) is 14.0. The first-order valence-electron chi connectivity index (χ1n) is 18.7. The van der Waals surface area contributed by atoms with Gasteiger partial charge in [0.25, 0.3) is 0 Å². The first-order chi connectivity index (χ1) is 27.7. The lowest BCUT2D eigenvalue weighted by atomic mass is 9.96. The van der Waals surface area contributed by atoms with Gasteiger partial charge in [0.15, 0.2) is 17.5 Å². The van der Waals surface area contributed by atoms with Crippen molar-refractivity contribution < 1.29 is 4.42 Å². The molecule has 0 unspecified atom stereocenters. The topological polar surface area (TPSA) is 51.8 Å². The Labute approximate surface area is 327 Å². The third-order valence-electron chi connectivity index (χ3n) is 10.5. The van der Waals surface area contributed by atoms with Gasteiger partial charge >= 0.3 is 0 Å². The lowest BCUT2D eigenvalue weighted by molar-refractivity contribution is 0.669. The molecule has 0 N–H and O–H groups in total. The van der Waals surface area contributed by atoms with Crippen molar-refractivity contribution in [3.8, 4) is 67.5 Å². The molecule has 3 heterocycles. The molecule has 0 radical (unpaired) electrons. The van der Waals surface area contributed by atoms with Crippen molar-refractivity contribution in [3.63, 3.8) is 0 Å². The highest BCUT2D eigenvalue weighted by molar-refractivity contribution is 7.26. The van der Waals surface area contributed by atoms with E-state index < -0.39 is 0 Å². The molecular formula is C51H31N3OS. The van der Waals surface area contributed by atoms with Crippen molar-refractivity contribution >= 4 is 53.4 Å². The van der Waals surface area contributed by atoms with Gasteiger partial charge < -0.3 is 4.42 Å². The number of benzene rings is 8. The van der Waals surface area contributed by atoms with Crippen LogP contribution in [-0.4, -0.2) is 15.0 Å². The number of furan rings is 1. The second-order valence-corrected chi connectivity index (χ2v) is 15.1. The summed E-state index contributed by atoms with van der Waals surface area (Å²) in [6.45, 7) is 0. The highest BCUT2D eigenvalue weighted by Crippen LogP contribution is 2.44. The van der Waals surface area contributed by atoms with Gasteiger partial charge in [-0.15, -0.1) is 11.3 Å². The summed E-state index contributed by atoms with van der Waals surface area (Å²) >= 11 is 1.84. The van der Waals surface area contributed by atoms with Crippen LogP contribution < -0.4 is 0 Å². The van der Waals surface area contributed by atoms with Crippen LogP contribution in [0, 0.1) is 0 Å². The minimum absolute atomic E-state index is 0.595. The van der Waals surface area contributed by atoms with Gasteiger partial charge in [0, 0.05) is 47.6 Å². The Kier molecular flexibility index (Phi) is 7.64. The number of fused-ring (bicyclic) bond motifs is 6. The minimum Gasteiger partial charge on any atom is -0.456 e. The third-order valence-corrected chi connectivity index (χ3v) is 11.7. The molecule has 0 saturated carbocycles. The Morgan fingerprint density at radius 1 is 0.321 bits per heavy atom. The Hall–Kier alpha value is -7.21. The molecule has 0 spiro atoms. The monoisotopic (exact) mass is 733 g/mol. The largest absolute Gasteiger partial charge is 0.456 e. The molecule has 56 heavy (non-hydrogen) atoms. The molecule has 0 aliphatic carbocycles. The number of hydrogen-bond donors (Lipinski definition) is 0. The van der Waals surface area contributed by atoms with Crippen LogP contribution in [0.1, 0.15) is 0 Å². The van der Waals surface area contributed by atoms with Gasteiger partial charge in [0.2, 0.25) is 0 Å². The van der Waals surface area contributed by atoms with Crippen LogP contribution in [0.5, 0.6) is 0 Å². The molecule has 4 nitrogen and oxygen atoms in total. The Morgan fingerprint density at radius 2 is 0.911 bits per heavy atom. The zero-order chi connectivity index (χ0) is 37.0. The van der Waals surface area contributed by atoms with E-state index in [1.54, 1.807) is 0 Å². The molecule has 0 bridgehead atoms. The number of rotatable bonds is 6. The van der Waals surface area contributed by atoms with Crippen LogP contribution in [-0.2, 0) is 0 Å². The normalized spacial score (nSPS) is 11.6. The SMILES string of the molecule is c1ccc(-c2cccc(-c3nc(-c4ccccc4)nc(-c4cccc5oc6ccc(-c7cccc8sc9cc(-c%10ccccc%10)ccc9c78)cc6c45)n3)c2)cc1. The summed E-state index contributed by atoms with van der Waals surface area (Å²) in [6, 6.07) is 65.7. The fourth-order valence-corrected chi connectivity index (χ4v) is 9.04. The zero-order valence-electron chi connectivity index (χ0n) is 30.1. The van der Waals surface area contributed by atoms with E-state index in [2.05, 4.69) is 140 Å².